The lowest BCUT2D eigenvalue weighted by molar-refractivity contribution is -0.121. The average Bonchev–Trinajstić information content (AvgIpc) is 2.71. The Labute approximate surface area is 166 Å². The summed E-state index contributed by atoms with van der Waals surface area (Å²) in [6, 6.07) is 16.9. The van der Waals surface area contributed by atoms with E-state index in [9.17, 15) is 14.4 Å². The number of pyridine rings is 2. The summed E-state index contributed by atoms with van der Waals surface area (Å²) < 4.78 is 0. The lowest BCUT2D eigenvalue weighted by Crippen LogP contribution is -2.27. The fourth-order valence-corrected chi connectivity index (χ4v) is 3.41. The number of amides is 1. The second kappa shape index (κ2) is 7.75. The predicted octanol–water partition coefficient (Wildman–Crippen LogP) is 2.93. The third-order valence-electron chi connectivity index (χ3n) is 5.00. The van der Waals surface area contributed by atoms with Crippen LogP contribution in [0.15, 0.2) is 64.2 Å². The molecule has 146 valence electrons. The van der Waals surface area contributed by atoms with E-state index in [0.29, 0.717) is 17.5 Å². The van der Waals surface area contributed by atoms with Crippen LogP contribution in [-0.2, 0) is 17.8 Å². The molecule has 0 atom stereocenters. The Bertz CT molecular complexity index is 1330. The van der Waals surface area contributed by atoms with E-state index in [-0.39, 0.29) is 30.0 Å². The molecule has 0 aliphatic heterocycles. The topological polar surface area (TPSA) is 94.8 Å². The number of hydrogen-bond donors (Lipinski definition) is 3. The molecule has 0 saturated heterocycles. The highest BCUT2D eigenvalue weighted by molar-refractivity contribution is 5.81. The van der Waals surface area contributed by atoms with Gasteiger partial charge in [0.1, 0.15) is 0 Å². The number of para-hydroxylation sites is 1. The highest BCUT2D eigenvalue weighted by atomic mass is 16.2. The Morgan fingerprint density at radius 3 is 2.38 bits per heavy atom. The zero-order valence-corrected chi connectivity index (χ0v) is 16.0. The predicted molar refractivity (Wildman–Crippen MR) is 114 cm³/mol. The van der Waals surface area contributed by atoms with Crippen LogP contribution in [0.2, 0.25) is 0 Å². The van der Waals surface area contributed by atoms with Crippen molar-refractivity contribution in [2.24, 2.45) is 0 Å². The number of H-pyrrole nitrogens is 2. The van der Waals surface area contributed by atoms with Crippen LogP contribution in [0.4, 0.5) is 0 Å². The molecule has 0 unspecified atom stereocenters. The number of carbonyl (C=O) groups is 1. The first-order chi connectivity index (χ1) is 14.0. The smallest absolute Gasteiger partial charge is 0.253 e. The molecule has 0 radical (unpaired) electrons. The molecular formula is C23H21N3O3. The summed E-state index contributed by atoms with van der Waals surface area (Å²) in [5.41, 5.74) is 3.31. The van der Waals surface area contributed by atoms with Gasteiger partial charge in [0.15, 0.2) is 0 Å². The fourth-order valence-electron chi connectivity index (χ4n) is 3.41. The quantitative estimate of drug-likeness (QED) is 0.491. The number of aromatic amines is 2. The van der Waals surface area contributed by atoms with E-state index in [0.717, 1.165) is 27.4 Å². The molecule has 4 rings (SSSR count). The first kappa shape index (κ1) is 18.7. The van der Waals surface area contributed by atoms with Crippen LogP contribution < -0.4 is 16.4 Å². The number of nitrogens with one attached hydrogen (secondary N) is 3. The first-order valence-electron chi connectivity index (χ1n) is 9.50. The summed E-state index contributed by atoms with van der Waals surface area (Å²) >= 11 is 0. The molecule has 0 spiro atoms. The molecule has 1 amide bonds. The van der Waals surface area contributed by atoms with E-state index in [2.05, 4.69) is 15.3 Å². The number of hydrogen-bond acceptors (Lipinski definition) is 3. The summed E-state index contributed by atoms with van der Waals surface area (Å²) in [6.45, 7) is 2.13. The van der Waals surface area contributed by atoms with Gasteiger partial charge in [-0.15, -0.1) is 0 Å². The highest BCUT2D eigenvalue weighted by Crippen LogP contribution is 2.13. The number of fused-ring (bicyclic) bond motifs is 2. The van der Waals surface area contributed by atoms with E-state index >= 15 is 0 Å². The monoisotopic (exact) mass is 387 g/mol. The Hall–Kier alpha value is -3.67. The minimum absolute atomic E-state index is 0.145. The van der Waals surface area contributed by atoms with Crippen molar-refractivity contribution in [2.75, 3.05) is 0 Å². The lowest BCUT2D eigenvalue weighted by atomic mass is 10.1. The molecule has 2 aromatic carbocycles. The standard InChI is InChI=1S/C23H21N3O3/c1-14-6-8-20-17(10-14)12-18(23(29)26-20)13-24-21(27)9-7-16-11-15-4-2-3-5-19(15)25-22(16)28/h2-6,8,10-12H,7,9,13H2,1H3,(H,24,27)(H,25,28)(H,26,29). The number of rotatable bonds is 5. The molecule has 2 aromatic heterocycles. The molecule has 2 heterocycles. The second-order valence-electron chi connectivity index (χ2n) is 7.20. The molecule has 6 nitrogen and oxygen atoms in total. The van der Waals surface area contributed by atoms with Crippen molar-refractivity contribution >= 4 is 27.7 Å². The second-order valence-corrected chi connectivity index (χ2v) is 7.20. The molecule has 29 heavy (non-hydrogen) atoms. The largest absolute Gasteiger partial charge is 0.352 e. The van der Waals surface area contributed by atoms with Crippen LogP contribution in [0.25, 0.3) is 21.8 Å². The van der Waals surface area contributed by atoms with E-state index in [1.54, 1.807) is 6.07 Å². The summed E-state index contributed by atoms with van der Waals surface area (Å²) in [4.78, 5) is 42.3. The van der Waals surface area contributed by atoms with Crippen LogP contribution in [0.5, 0.6) is 0 Å². The van der Waals surface area contributed by atoms with Crippen molar-refractivity contribution in [2.45, 2.75) is 26.3 Å². The van der Waals surface area contributed by atoms with Gasteiger partial charge in [-0.3, -0.25) is 14.4 Å². The fraction of sp³-hybridized carbons (Fsp3) is 0.174. The van der Waals surface area contributed by atoms with Gasteiger partial charge in [0, 0.05) is 35.1 Å². The van der Waals surface area contributed by atoms with Gasteiger partial charge in [0.25, 0.3) is 11.1 Å². The van der Waals surface area contributed by atoms with Gasteiger partial charge in [-0.25, -0.2) is 0 Å². The molecule has 4 aromatic rings. The van der Waals surface area contributed by atoms with Crippen LogP contribution >= 0.6 is 0 Å². The van der Waals surface area contributed by atoms with Gasteiger partial charge >= 0.3 is 0 Å². The highest BCUT2D eigenvalue weighted by Gasteiger charge is 2.09. The van der Waals surface area contributed by atoms with Crippen molar-refractivity contribution in [3.05, 3.63) is 92.0 Å². The van der Waals surface area contributed by atoms with E-state index in [4.69, 9.17) is 0 Å². The summed E-state index contributed by atoms with van der Waals surface area (Å²) in [5.74, 6) is -0.207. The van der Waals surface area contributed by atoms with Gasteiger partial charge in [0.05, 0.1) is 0 Å². The lowest BCUT2D eigenvalue weighted by Gasteiger charge is -2.07. The molecule has 0 aliphatic carbocycles. The van der Waals surface area contributed by atoms with Crippen LogP contribution in [-0.4, -0.2) is 15.9 Å². The van der Waals surface area contributed by atoms with Gasteiger partial charge in [-0.1, -0.05) is 29.8 Å². The summed E-state index contributed by atoms with van der Waals surface area (Å²) in [6.07, 6.45) is 0.505. The molecule has 0 fully saturated rings. The molecule has 0 bridgehead atoms. The minimum Gasteiger partial charge on any atom is -0.352 e. The third-order valence-corrected chi connectivity index (χ3v) is 5.00. The number of benzene rings is 2. The molecular weight excluding hydrogens is 366 g/mol. The zero-order chi connectivity index (χ0) is 20.4. The molecule has 6 heteroatoms. The maximum absolute atomic E-state index is 12.3. The Kier molecular flexibility index (Phi) is 4.99. The first-order valence-corrected chi connectivity index (χ1v) is 9.50. The molecule has 0 saturated carbocycles. The van der Waals surface area contributed by atoms with Crippen LogP contribution in [0.1, 0.15) is 23.1 Å². The van der Waals surface area contributed by atoms with Crippen molar-refractivity contribution < 1.29 is 4.79 Å². The maximum Gasteiger partial charge on any atom is 0.253 e. The van der Waals surface area contributed by atoms with Crippen LogP contribution in [0.3, 0.4) is 0 Å². The zero-order valence-electron chi connectivity index (χ0n) is 16.0. The van der Waals surface area contributed by atoms with Gasteiger partial charge in [0.2, 0.25) is 5.91 Å². The molecule has 3 N–H and O–H groups in total. The molecule has 0 aliphatic rings. The third kappa shape index (κ3) is 4.11. The van der Waals surface area contributed by atoms with E-state index in [1.165, 1.54) is 0 Å². The Morgan fingerprint density at radius 2 is 1.55 bits per heavy atom. The van der Waals surface area contributed by atoms with Crippen molar-refractivity contribution in [1.82, 2.24) is 15.3 Å². The Morgan fingerprint density at radius 1 is 0.862 bits per heavy atom. The number of carbonyl (C=O) groups excluding carboxylic acids is 1. The SMILES string of the molecule is Cc1ccc2[nH]c(=O)c(CNC(=O)CCc3cc4ccccc4[nH]c3=O)cc2c1. The summed E-state index contributed by atoms with van der Waals surface area (Å²) in [7, 11) is 0. The van der Waals surface area contributed by atoms with E-state index in [1.807, 2.05) is 55.5 Å². The van der Waals surface area contributed by atoms with Crippen molar-refractivity contribution in [3.63, 3.8) is 0 Å². The normalized spacial score (nSPS) is 11.1. The van der Waals surface area contributed by atoms with Crippen molar-refractivity contribution in [3.8, 4) is 0 Å². The van der Waals surface area contributed by atoms with Gasteiger partial charge in [-0.2, -0.15) is 0 Å². The van der Waals surface area contributed by atoms with Crippen molar-refractivity contribution in [1.29, 1.82) is 0 Å². The van der Waals surface area contributed by atoms with E-state index < -0.39 is 0 Å². The summed E-state index contributed by atoms with van der Waals surface area (Å²) in [5, 5.41) is 4.63. The maximum atomic E-state index is 12.3. The van der Waals surface area contributed by atoms with Gasteiger partial charge < -0.3 is 15.3 Å². The number of aromatic nitrogens is 2. The number of aryl methyl sites for hydroxylation is 2. The van der Waals surface area contributed by atoms with Crippen LogP contribution in [0, 0.1) is 6.92 Å². The minimum atomic E-state index is -0.215. The van der Waals surface area contributed by atoms with Gasteiger partial charge in [-0.05, 0) is 54.4 Å². The Balaban J connectivity index is 1.42. The average molecular weight is 387 g/mol.